The number of aryl methyl sites for hydroxylation is 1. The Morgan fingerprint density at radius 2 is 1.47 bits per heavy atom. The Bertz CT molecular complexity index is 1480. The fourth-order valence-electron chi connectivity index (χ4n) is 4.36. The number of fused-ring (bicyclic) bond motifs is 1. The van der Waals surface area contributed by atoms with Gasteiger partial charge in [-0.05, 0) is 42.7 Å². The molecule has 0 saturated heterocycles. The molecule has 4 aromatic rings. The molecule has 0 unspecified atom stereocenters. The van der Waals surface area contributed by atoms with Crippen LogP contribution in [0.5, 0.6) is 23.0 Å². The minimum atomic E-state index is 0.542. The van der Waals surface area contributed by atoms with E-state index in [1.165, 1.54) is 22.5 Å². The zero-order chi connectivity index (χ0) is 25.1. The van der Waals surface area contributed by atoms with Gasteiger partial charge in [0.25, 0.3) is 0 Å². The van der Waals surface area contributed by atoms with Gasteiger partial charge in [0.05, 0.1) is 39.8 Å². The summed E-state index contributed by atoms with van der Waals surface area (Å²) in [6, 6.07) is 20.0. The Labute approximate surface area is 213 Å². The molecule has 0 spiro atoms. The van der Waals surface area contributed by atoms with Gasteiger partial charge in [-0.1, -0.05) is 36.4 Å². The lowest BCUT2D eigenvalue weighted by Gasteiger charge is -2.14. The van der Waals surface area contributed by atoms with E-state index in [2.05, 4.69) is 24.3 Å². The van der Waals surface area contributed by atoms with Crippen LogP contribution in [0.15, 0.2) is 76.1 Å². The molecule has 0 amide bonds. The largest absolute Gasteiger partial charge is 0.494 e. The van der Waals surface area contributed by atoms with E-state index in [0.29, 0.717) is 23.0 Å². The number of thiazole rings is 1. The molecule has 1 aromatic heterocycles. The normalized spacial score (nSPS) is 14.1. The molecule has 0 bridgehead atoms. The predicted molar refractivity (Wildman–Crippen MR) is 142 cm³/mol. The summed E-state index contributed by atoms with van der Waals surface area (Å²) >= 11 is 1.51. The van der Waals surface area contributed by atoms with Crippen molar-refractivity contribution in [2.24, 2.45) is 10.1 Å². The third kappa shape index (κ3) is 4.35. The van der Waals surface area contributed by atoms with Crippen molar-refractivity contribution in [2.45, 2.75) is 12.8 Å². The van der Waals surface area contributed by atoms with E-state index in [9.17, 15) is 0 Å². The number of nitrogens with zero attached hydrogens (tertiary/aromatic N) is 3. The quantitative estimate of drug-likeness (QED) is 0.327. The summed E-state index contributed by atoms with van der Waals surface area (Å²) in [5.41, 5.74) is 5.99. The number of benzene rings is 3. The number of hydrogen-bond acceptors (Lipinski definition) is 7. The van der Waals surface area contributed by atoms with Crippen molar-refractivity contribution < 1.29 is 18.9 Å². The number of rotatable bonds is 7. The van der Waals surface area contributed by atoms with E-state index in [1.54, 1.807) is 28.4 Å². The molecule has 0 fully saturated rings. The summed E-state index contributed by atoms with van der Waals surface area (Å²) in [5, 5.41) is 7.18. The summed E-state index contributed by atoms with van der Waals surface area (Å²) in [4.78, 5) is 5.66. The van der Waals surface area contributed by atoms with E-state index in [0.717, 1.165) is 40.3 Å². The smallest absolute Gasteiger partial charge is 0.211 e. The van der Waals surface area contributed by atoms with Crippen LogP contribution in [0.25, 0.3) is 11.3 Å². The maximum absolute atomic E-state index is 5.61. The average Bonchev–Trinajstić information content (AvgIpc) is 3.52. The molecule has 5 rings (SSSR count). The molecule has 0 atom stereocenters. The topological polar surface area (TPSA) is 66.6 Å². The van der Waals surface area contributed by atoms with Crippen molar-refractivity contribution >= 4 is 22.7 Å². The molecule has 7 nitrogen and oxygen atoms in total. The van der Waals surface area contributed by atoms with E-state index in [-0.39, 0.29) is 0 Å². The Hall–Kier alpha value is -4.04. The first-order valence-corrected chi connectivity index (χ1v) is 12.4. The van der Waals surface area contributed by atoms with Crippen LogP contribution < -0.4 is 23.7 Å². The van der Waals surface area contributed by atoms with Crippen molar-refractivity contribution in [2.75, 3.05) is 28.4 Å². The predicted octanol–water partition coefficient (Wildman–Crippen LogP) is 5.68. The van der Waals surface area contributed by atoms with Crippen LogP contribution in [-0.4, -0.2) is 38.8 Å². The Morgan fingerprint density at radius 1 is 0.778 bits per heavy atom. The Morgan fingerprint density at radius 3 is 2.19 bits per heavy atom. The third-order valence-corrected chi connectivity index (χ3v) is 6.94. The molecule has 0 N–H and O–H groups in total. The lowest BCUT2D eigenvalue weighted by molar-refractivity contribution is 0.324. The fraction of sp³-hybridized carbons (Fsp3) is 0.214. The molecule has 8 heteroatoms. The van der Waals surface area contributed by atoms with Crippen LogP contribution in [0.2, 0.25) is 0 Å². The maximum Gasteiger partial charge on any atom is 0.211 e. The van der Waals surface area contributed by atoms with E-state index in [4.69, 9.17) is 29.0 Å². The molecular weight excluding hydrogens is 474 g/mol. The SMILES string of the molecule is COc1ccccc1N=c1scc(-c2cc(OC)c(OC)c(OC)c2)n1N=C1CCc2ccccc21. The number of methoxy groups -OCH3 is 4. The van der Waals surface area contributed by atoms with Gasteiger partial charge in [-0.25, -0.2) is 9.67 Å². The molecular formula is C28H27N3O4S. The van der Waals surface area contributed by atoms with Crippen LogP contribution >= 0.6 is 11.3 Å². The highest BCUT2D eigenvalue weighted by molar-refractivity contribution is 7.07. The molecule has 0 radical (unpaired) electrons. The highest BCUT2D eigenvalue weighted by Gasteiger charge is 2.20. The standard InChI is InChI=1S/C28H27N3O4S/c1-32-24-12-8-7-11-22(24)29-28-31(30-21-14-13-18-9-5-6-10-20(18)21)23(17-36-28)19-15-25(33-2)27(35-4)26(16-19)34-3/h5-12,15-17H,13-14H2,1-4H3. The third-order valence-electron chi connectivity index (χ3n) is 6.13. The minimum Gasteiger partial charge on any atom is -0.494 e. The summed E-state index contributed by atoms with van der Waals surface area (Å²) in [5.74, 6) is 2.39. The molecule has 184 valence electrons. The molecule has 1 aliphatic carbocycles. The lowest BCUT2D eigenvalue weighted by Crippen LogP contribution is -2.14. The molecule has 1 aliphatic rings. The van der Waals surface area contributed by atoms with Crippen molar-refractivity contribution in [3.05, 3.63) is 82.0 Å². The first kappa shape index (κ1) is 23.7. The van der Waals surface area contributed by atoms with Crippen LogP contribution in [0, 0.1) is 0 Å². The van der Waals surface area contributed by atoms with E-state index >= 15 is 0 Å². The zero-order valence-electron chi connectivity index (χ0n) is 20.6. The fourth-order valence-corrected chi connectivity index (χ4v) is 5.20. The first-order valence-electron chi connectivity index (χ1n) is 11.5. The van der Waals surface area contributed by atoms with Gasteiger partial charge in [-0.2, -0.15) is 5.10 Å². The maximum atomic E-state index is 5.61. The number of hydrogen-bond donors (Lipinski definition) is 0. The molecule has 0 saturated carbocycles. The number of aromatic nitrogens is 1. The second-order valence-electron chi connectivity index (χ2n) is 8.12. The second kappa shape index (κ2) is 10.3. The van der Waals surface area contributed by atoms with Crippen LogP contribution in [-0.2, 0) is 6.42 Å². The Balaban J connectivity index is 1.75. The summed E-state index contributed by atoms with van der Waals surface area (Å²) in [6.07, 6.45) is 1.84. The monoisotopic (exact) mass is 501 g/mol. The first-order chi connectivity index (χ1) is 17.7. The highest BCUT2D eigenvalue weighted by Crippen LogP contribution is 2.41. The van der Waals surface area contributed by atoms with Crippen LogP contribution in [0.1, 0.15) is 17.5 Å². The minimum absolute atomic E-state index is 0.542. The van der Waals surface area contributed by atoms with Crippen molar-refractivity contribution in [1.82, 2.24) is 4.68 Å². The van der Waals surface area contributed by atoms with Gasteiger partial charge in [-0.15, -0.1) is 11.3 Å². The summed E-state index contributed by atoms with van der Waals surface area (Å²) in [7, 11) is 6.47. The van der Waals surface area contributed by atoms with E-state index in [1.807, 2.05) is 46.5 Å². The number of para-hydroxylation sites is 2. The molecule has 3 aromatic carbocycles. The lowest BCUT2D eigenvalue weighted by atomic mass is 10.1. The van der Waals surface area contributed by atoms with Crippen LogP contribution in [0.3, 0.4) is 0 Å². The summed E-state index contributed by atoms with van der Waals surface area (Å²) in [6.45, 7) is 0. The van der Waals surface area contributed by atoms with Crippen molar-refractivity contribution in [3.8, 4) is 34.3 Å². The second-order valence-corrected chi connectivity index (χ2v) is 8.95. The van der Waals surface area contributed by atoms with Gasteiger partial charge in [0.2, 0.25) is 10.6 Å². The van der Waals surface area contributed by atoms with E-state index < -0.39 is 0 Å². The van der Waals surface area contributed by atoms with Crippen molar-refractivity contribution in [1.29, 1.82) is 0 Å². The molecule has 1 heterocycles. The van der Waals surface area contributed by atoms with Gasteiger partial charge < -0.3 is 18.9 Å². The molecule has 36 heavy (non-hydrogen) atoms. The highest BCUT2D eigenvalue weighted by atomic mass is 32.1. The van der Waals surface area contributed by atoms with Gasteiger partial charge in [-0.3, -0.25) is 0 Å². The van der Waals surface area contributed by atoms with Gasteiger partial charge in [0.15, 0.2) is 11.5 Å². The van der Waals surface area contributed by atoms with Gasteiger partial charge in [0, 0.05) is 16.5 Å². The Kier molecular flexibility index (Phi) is 6.77. The van der Waals surface area contributed by atoms with Gasteiger partial charge in [0.1, 0.15) is 11.4 Å². The number of ether oxygens (including phenoxy) is 4. The van der Waals surface area contributed by atoms with Crippen molar-refractivity contribution in [3.63, 3.8) is 0 Å². The van der Waals surface area contributed by atoms with Gasteiger partial charge >= 0.3 is 0 Å². The zero-order valence-corrected chi connectivity index (χ0v) is 21.5. The average molecular weight is 502 g/mol. The summed E-state index contributed by atoms with van der Waals surface area (Å²) < 4.78 is 24.2. The van der Waals surface area contributed by atoms with Crippen LogP contribution in [0.4, 0.5) is 5.69 Å². The molecule has 0 aliphatic heterocycles.